The lowest BCUT2D eigenvalue weighted by molar-refractivity contribution is 0.0289. The molecule has 0 unspecified atom stereocenters. The van der Waals surface area contributed by atoms with Crippen LogP contribution in [0.15, 0.2) is 17.6 Å². The molecule has 2 rings (SSSR count). The van der Waals surface area contributed by atoms with Crippen LogP contribution in [0.2, 0.25) is 5.02 Å². The number of likely N-dealkylation sites (tertiary alicyclic amines) is 1. The Hall–Kier alpha value is -1.21. The summed E-state index contributed by atoms with van der Waals surface area (Å²) in [6, 6.07) is 0. The molecular formula is C14H20ClN3O3S. The molecule has 0 spiro atoms. The van der Waals surface area contributed by atoms with Crippen molar-refractivity contribution in [2.24, 2.45) is 5.92 Å². The van der Waals surface area contributed by atoms with Crippen LogP contribution in [-0.2, 0) is 15.5 Å². The third-order valence-electron chi connectivity index (χ3n) is 3.12. The Bertz CT molecular complexity index is 559. The summed E-state index contributed by atoms with van der Waals surface area (Å²) in [5.41, 5.74) is -0.505. The molecule has 0 aromatic carbocycles. The fourth-order valence-electron chi connectivity index (χ4n) is 2.17. The van der Waals surface area contributed by atoms with E-state index in [0.29, 0.717) is 23.9 Å². The Morgan fingerprint density at radius 1 is 1.45 bits per heavy atom. The lowest BCUT2D eigenvalue weighted by atomic mass is 10.2. The maximum Gasteiger partial charge on any atom is 0.410 e. The standard InChI is InChI=1S/C14H20ClN3O3S/c1-14(2,3)21-13(19)18-5-4-10(8-18)9-22(20)12-16-6-11(15)7-17-12/h6-7,10H,4-5,8-9H2,1-3H3/t10-,22+/m1/s1. The van der Waals surface area contributed by atoms with Crippen molar-refractivity contribution in [2.45, 2.75) is 37.9 Å². The number of hydrogen-bond donors (Lipinski definition) is 0. The first-order valence-electron chi connectivity index (χ1n) is 7.08. The average Bonchev–Trinajstić information content (AvgIpc) is 2.86. The van der Waals surface area contributed by atoms with Crippen LogP contribution in [0.1, 0.15) is 27.2 Å². The van der Waals surface area contributed by atoms with Gasteiger partial charge in [0.1, 0.15) is 5.60 Å². The van der Waals surface area contributed by atoms with Gasteiger partial charge in [-0.25, -0.2) is 14.8 Å². The van der Waals surface area contributed by atoms with Gasteiger partial charge in [0.25, 0.3) is 0 Å². The molecule has 0 bridgehead atoms. The van der Waals surface area contributed by atoms with E-state index in [-0.39, 0.29) is 17.2 Å². The van der Waals surface area contributed by atoms with Crippen LogP contribution >= 0.6 is 11.6 Å². The molecule has 1 aliphatic heterocycles. The van der Waals surface area contributed by atoms with Gasteiger partial charge in [-0.1, -0.05) is 11.6 Å². The highest BCUT2D eigenvalue weighted by atomic mass is 35.5. The molecule has 6 nitrogen and oxygen atoms in total. The van der Waals surface area contributed by atoms with Crippen molar-refractivity contribution in [3.63, 3.8) is 0 Å². The molecule has 0 N–H and O–H groups in total. The topological polar surface area (TPSA) is 72.4 Å². The maximum absolute atomic E-state index is 12.2. The highest BCUT2D eigenvalue weighted by Crippen LogP contribution is 2.21. The predicted molar refractivity (Wildman–Crippen MR) is 84.2 cm³/mol. The number of halogens is 1. The van der Waals surface area contributed by atoms with E-state index in [0.717, 1.165) is 6.42 Å². The molecule has 2 heterocycles. The molecule has 0 saturated carbocycles. The monoisotopic (exact) mass is 345 g/mol. The second kappa shape index (κ2) is 6.91. The molecular weight excluding hydrogens is 326 g/mol. The van der Waals surface area contributed by atoms with Gasteiger partial charge in [-0.15, -0.1) is 0 Å². The van der Waals surface area contributed by atoms with Gasteiger partial charge in [-0.3, -0.25) is 4.21 Å². The van der Waals surface area contributed by atoms with Gasteiger partial charge in [-0.2, -0.15) is 0 Å². The Morgan fingerprint density at radius 2 is 2.09 bits per heavy atom. The summed E-state index contributed by atoms with van der Waals surface area (Å²) in [7, 11) is -1.29. The second-order valence-electron chi connectivity index (χ2n) is 6.28. The Morgan fingerprint density at radius 3 is 2.68 bits per heavy atom. The molecule has 1 saturated heterocycles. The van der Waals surface area contributed by atoms with Crippen molar-refractivity contribution in [1.82, 2.24) is 14.9 Å². The molecule has 1 aliphatic rings. The quantitative estimate of drug-likeness (QED) is 0.787. The van der Waals surface area contributed by atoms with Crippen LogP contribution in [0.5, 0.6) is 0 Å². The number of nitrogens with zero attached hydrogens (tertiary/aromatic N) is 3. The summed E-state index contributed by atoms with van der Waals surface area (Å²) >= 11 is 5.71. The van der Waals surface area contributed by atoms with Crippen LogP contribution in [0.4, 0.5) is 4.79 Å². The Labute approximate surface area is 137 Å². The molecule has 0 radical (unpaired) electrons. The fourth-order valence-corrected chi connectivity index (χ4v) is 3.46. The van der Waals surface area contributed by atoms with Crippen molar-refractivity contribution in [2.75, 3.05) is 18.8 Å². The van der Waals surface area contributed by atoms with E-state index in [4.69, 9.17) is 16.3 Å². The number of ether oxygens (including phenoxy) is 1. The largest absolute Gasteiger partial charge is 0.444 e. The van der Waals surface area contributed by atoms with Crippen LogP contribution in [0, 0.1) is 5.92 Å². The van der Waals surface area contributed by atoms with Gasteiger partial charge in [0, 0.05) is 18.8 Å². The zero-order chi connectivity index (χ0) is 16.3. The lowest BCUT2D eigenvalue weighted by Crippen LogP contribution is -2.35. The van der Waals surface area contributed by atoms with Gasteiger partial charge in [0.2, 0.25) is 5.16 Å². The first-order chi connectivity index (χ1) is 10.2. The Kier molecular flexibility index (Phi) is 5.39. The minimum Gasteiger partial charge on any atom is -0.444 e. The molecule has 1 aromatic heterocycles. The molecule has 8 heteroatoms. The first-order valence-corrected chi connectivity index (χ1v) is 8.78. The number of hydrogen-bond acceptors (Lipinski definition) is 5. The smallest absolute Gasteiger partial charge is 0.410 e. The minimum absolute atomic E-state index is 0.160. The predicted octanol–water partition coefficient (Wildman–Crippen LogP) is 2.49. The summed E-state index contributed by atoms with van der Waals surface area (Å²) in [4.78, 5) is 21.6. The molecule has 1 aromatic rings. The number of carbonyl (C=O) groups excluding carboxylic acids is 1. The van der Waals surface area contributed by atoms with Gasteiger partial charge in [0.15, 0.2) is 0 Å². The van der Waals surface area contributed by atoms with E-state index in [1.807, 2.05) is 20.8 Å². The summed E-state index contributed by atoms with van der Waals surface area (Å²) in [5, 5.41) is 0.692. The van der Waals surface area contributed by atoms with Crippen molar-refractivity contribution in [3.8, 4) is 0 Å². The molecule has 122 valence electrons. The van der Waals surface area contributed by atoms with Crippen molar-refractivity contribution >= 4 is 28.5 Å². The third kappa shape index (κ3) is 4.91. The highest BCUT2D eigenvalue weighted by molar-refractivity contribution is 7.84. The minimum atomic E-state index is -1.29. The molecule has 2 atom stereocenters. The summed E-state index contributed by atoms with van der Waals surface area (Å²) in [5.74, 6) is 0.591. The third-order valence-corrected chi connectivity index (χ3v) is 4.71. The van der Waals surface area contributed by atoms with Crippen LogP contribution < -0.4 is 0 Å². The fraction of sp³-hybridized carbons (Fsp3) is 0.643. The van der Waals surface area contributed by atoms with Gasteiger partial charge in [-0.05, 0) is 33.1 Å². The van der Waals surface area contributed by atoms with Crippen molar-refractivity contribution < 1.29 is 13.7 Å². The van der Waals surface area contributed by atoms with E-state index >= 15 is 0 Å². The van der Waals surface area contributed by atoms with E-state index in [1.165, 1.54) is 12.4 Å². The summed E-state index contributed by atoms with van der Waals surface area (Å²) < 4.78 is 17.6. The SMILES string of the molecule is CC(C)(C)OC(=O)N1CC[C@@H](C[S@](=O)c2ncc(Cl)cn2)C1. The maximum atomic E-state index is 12.2. The number of amides is 1. The van der Waals surface area contributed by atoms with Crippen molar-refractivity contribution in [3.05, 3.63) is 17.4 Å². The van der Waals surface area contributed by atoms with Crippen LogP contribution in [-0.4, -0.2) is 49.6 Å². The van der Waals surface area contributed by atoms with Gasteiger partial charge >= 0.3 is 6.09 Å². The van der Waals surface area contributed by atoms with E-state index in [2.05, 4.69) is 9.97 Å². The van der Waals surface area contributed by atoms with E-state index in [9.17, 15) is 9.00 Å². The number of rotatable bonds is 3. The zero-order valence-electron chi connectivity index (χ0n) is 12.9. The number of aromatic nitrogens is 2. The Balaban J connectivity index is 1.87. The molecule has 1 amide bonds. The van der Waals surface area contributed by atoms with E-state index < -0.39 is 16.4 Å². The van der Waals surface area contributed by atoms with Crippen LogP contribution in [0.3, 0.4) is 0 Å². The molecule has 22 heavy (non-hydrogen) atoms. The zero-order valence-corrected chi connectivity index (χ0v) is 14.5. The van der Waals surface area contributed by atoms with Crippen LogP contribution in [0.25, 0.3) is 0 Å². The van der Waals surface area contributed by atoms with Gasteiger partial charge in [0.05, 0.1) is 28.2 Å². The highest BCUT2D eigenvalue weighted by Gasteiger charge is 2.31. The molecule has 1 fully saturated rings. The normalized spacial score (nSPS) is 20.0. The van der Waals surface area contributed by atoms with Crippen molar-refractivity contribution in [1.29, 1.82) is 0 Å². The lowest BCUT2D eigenvalue weighted by Gasteiger charge is -2.24. The van der Waals surface area contributed by atoms with Gasteiger partial charge < -0.3 is 9.64 Å². The second-order valence-corrected chi connectivity index (χ2v) is 8.10. The van der Waals surface area contributed by atoms with E-state index in [1.54, 1.807) is 4.90 Å². The summed E-state index contributed by atoms with van der Waals surface area (Å²) in [6.07, 6.45) is 3.36. The average molecular weight is 346 g/mol. The number of carbonyl (C=O) groups is 1. The first kappa shape index (κ1) is 17.1. The summed E-state index contributed by atoms with van der Waals surface area (Å²) in [6.45, 7) is 6.69. The molecule has 0 aliphatic carbocycles.